The highest BCUT2D eigenvalue weighted by Crippen LogP contribution is 2.28. The molecule has 0 bridgehead atoms. The summed E-state index contributed by atoms with van der Waals surface area (Å²) in [6.07, 6.45) is 3.44. The molecule has 2 saturated heterocycles. The minimum absolute atomic E-state index is 0.0336. The van der Waals surface area contributed by atoms with Crippen LogP contribution in [0.25, 0.3) is 11.2 Å². The number of nitrogens with one attached hydrogen (secondary N) is 1. The van der Waals surface area contributed by atoms with Gasteiger partial charge in [-0.15, -0.1) is 0 Å². The van der Waals surface area contributed by atoms with Crippen molar-refractivity contribution in [1.82, 2.24) is 24.8 Å². The summed E-state index contributed by atoms with van der Waals surface area (Å²) in [5.74, 6) is 0.941. The van der Waals surface area contributed by atoms with Crippen LogP contribution in [0.1, 0.15) is 12.8 Å². The topological polar surface area (TPSA) is 81.2 Å². The number of aromatic nitrogens is 4. The number of carbonyl (C=O) groups is 1. The Bertz CT molecular complexity index is 1030. The third-order valence-electron chi connectivity index (χ3n) is 6.02. The van der Waals surface area contributed by atoms with Crippen LogP contribution in [0.15, 0.2) is 36.7 Å². The summed E-state index contributed by atoms with van der Waals surface area (Å²) in [6.45, 7) is 4.72. The maximum Gasteiger partial charge on any atom is 0.227 e. The van der Waals surface area contributed by atoms with Gasteiger partial charge < -0.3 is 19.7 Å². The Morgan fingerprint density at radius 1 is 1.03 bits per heavy atom. The predicted molar refractivity (Wildman–Crippen MR) is 117 cm³/mol. The highest BCUT2D eigenvalue weighted by molar-refractivity contribution is 6.28. The van der Waals surface area contributed by atoms with E-state index in [9.17, 15) is 4.79 Å². The van der Waals surface area contributed by atoms with Gasteiger partial charge >= 0.3 is 0 Å². The van der Waals surface area contributed by atoms with Crippen LogP contribution in [0.2, 0.25) is 5.28 Å². The second-order valence-electron chi connectivity index (χ2n) is 7.85. The zero-order chi connectivity index (χ0) is 20.5. The van der Waals surface area contributed by atoms with Crippen molar-refractivity contribution in [2.45, 2.75) is 12.8 Å². The molecule has 1 N–H and O–H groups in total. The summed E-state index contributed by atoms with van der Waals surface area (Å²) < 4.78 is 0. The van der Waals surface area contributed by atoms with Gasteiger partial charge in [0.25, 0.3) is 0 Å². The zero-order valence-electron chi connectivity index (χ0n) is 16.7. The van der Waals surface area contributed by atoms with E-state index in [1.165, 1.54) is 5.69 Å². The van der Waals surface area contributed by atoms with Gasteiger partial charge in [-0.25, -0.2) is 4.98 Å². The molecule has 8 nitrogen and oxygen atoms in total. The summed E-state index contributed by atoms with van der Waals surface area (Å²) in [5, 5.41) is 0.176. The number of rotatable bonds is 3. The number of amides is 1. The van der Waals surface area contributed by atoms with Crippen LogP contribution in [0.3, 0.4) is 0 Å². The van der Waals surface area contributed by atoms with Gasteiger partial charge in [0.05, 0.1) is 12.2 Å². The van der Waals surface area contributed by atoms with Gasteiger partial charge in [-0.2, -0.15) is 9.97 Å². The fourth-order valence-corrected chi connectivity index (χ4v) is 4.63. The van der Waals surface area contributed by atoms with E-state index in [0.717, 1.165) is 56.9 Å². The number of para-hydroxylation sites is 1. The lowest BCUT2D eigenvalue weighted by atomic mass is 9.96. The van der Waals surface area contributed by atoms with Gasteiger partial charge in [0.1, 0.15) is 5.52 Å². The maximum atomic E-state index is 13.3. The van der Waals surface area contributed by atoms with Crippen LogP contribution < -0.4 is 9.80 Å². The monoisotopic (exact) mass is 425 g/mol. The van der Waals surface area contributed by atoms with Crippen LogP contribution in [0.4, 0.5) is 11.5 Å². The van der Waals surface area contributed by atoms with Gasteiger partial charge in [-0.1, -0.05) is 18.2 Å². The highest BCUT2D eigenvalue weighted by atomic mass is 35.5. The van der Waals surface area contributed by atoms with Crippen LogP contribution >= 0.6 is 11.6 Å². The van der Waals surface area contributed by atoms with Crippen LogP contribution in [0.5, 0.6) is 0 Å². The summed E-state index contributed by atoms with van der Waals surface area (Å²) in [5.41, 5.74) is 2.54. The van der Waals surface area contributed by atoms with E-state index in [2.05, 4.69) is 54.0 Å². The average molecular weight is 426 g/mol. The van der Waals surface area contributed by atoms with Crippen molar-refractivity contribution in [3.05, 3.63) is 41.9 Å². The van der Waals surface area contributed by atoms with Crippen molar-refractivity contribution in [2.24, 2.45) is 5.92 Å². The number of carbonyl (C=O) groups excluding carboxylic acids is 1. The predicted octanol–water partition coefficient (Wildman–Crippen LogP) is 2.57. The number of hydrogen-bond acceptors (Lipinski definition) is 6. The molecular formula is C21H24ClN7O. The number of fused-ring (bicyclic) bond motifs is 1. The second kappa shape index (κ2) is 8.10. The molecule has 2 aliphatic rings. The molecule has 0 radical (unpaired) electrons. The molecule has 4 heterocycles. The number of halogens is 1. The Morgan fingerprint density at radius 2 is 1.83 bits per heavy atom. The van der Waals surface area contributed by atoms with Crippen molar-refractivity contribution >= 4 is 40.2 Å². The molecule has 2 aliphatic heterocycles. The molecule has 156 valence electrons. The summed E-state index contributed by atoms with van der Waals surface area (Å²) in [7, 11) is 0. The molecular weight excluding hydrogens is 402 g/mol. The standard InChI is InChI=1S/C21H24ClN7O/c22-21-25-18-17(23-14-24-18)19(26-21)29-8-4-5-15(13-29)20(30)28-11-9-27(10-12-28)16-6-2-1-3-7-16/h1-3,6-7,14-15H,4-5,8-13H2,(H,23,24,25,26)/t15-/m1/s1. The number of imidazole rings is 1. The molecule has 0 saturated carbocycles. The van der Waals surface area contributed by atoms with Gasteiger partial charge in [0.15, 0.2) is 11.5 Å². The molecule has 1 aromatic carbocycles. The first kappa shape index (κ1) is 19.1. The van der Waals surface area contributed by atoms with Crippen LogP contribution in [-0.2, 0) is 4.79 Å². The van der Waals surface area contributed by atoms with Crippen molar-refractivity contribution in [3.63, 3.8) is 0 Å². The smallest absolute Gasteiger partial charge is 0.227 e. The Morgan fingerprint density at radius 3 is 2.63 bits per heavy atom. The largest absolute Gasteiger partial charge is 0.368 e. The van der Waals surface area contributed by atoms with Crippen molar-refractivity contribution in [3.8, 4) is 0 Å². The van der Waals surface area contributed by atoms with Crippen LogP contribution in [0, 0.1) is 5.92 Å². The fourth-order valence-electron chi connectivity index (χ4n) is 4.47. The van der Waals surface area contributed by atoms with Crippen molar-refractivity contribution in [2.75, 3.05) is 49.1 Å². The third-order valence-corrected chi connectivity index (χ3v) is 6.19. The number of piperidine rings is 1. The Hall–Kier alpha value is -2.87. The van der Waals surface area contributed by atoms with E-state index in [-0.39, 0.29) is 17.1 Å². The van der Waals surface area contributed by atoms with Crippen LogP contribution in [-0.4, -0.2) is 70.0 Å². The first-order valence-corrected chi connectivity index (χ1v) is 10.8. The van der Waals surface area contributed by atoms with E-state index in [4.69, 9.17) is 11.6 Å². The molecule has 2 fully saturated rings. The molecule has 0 spiro atoms. The highest BCUT2D eigenvalue weighted by Gasteiger charge is 2.32. The molecule has 9 heteroatoms. The van der Waals surface area contributed by atoms with E-state index in [1.807, 2.05) is 11.0 Å². The lowest BCUT2D eigenvalue weighted by molar-refractivity contribution is -0.136. The molecule has 0 unspecified atom stereocenters. The fraction of sp³-hybridized carbons (Fsp3) is 0.429. The molecule has 1 amide bonds. The first-order chi connectivity index (χ1) is 14.7. The number of aromatic amines is 1. The molecule has 3 aromatic rings. The quantitative estimate of drug-likeness (QED) is 0.649. The molecule has 5 rings (SSSR count). The second-order valence-corrected chi connectivity index (χ2v) is 8.19. The van der Waals surface area contributed by atoms with E-state index >= 15 is 0 Å². The summed E-state index contributed by atoms with van der Waals surface area (Å²) in [4.78, 5) is 35.6. The number of anilines is 2. The minimum Gasteiger partial charge on any atom is -0.368 e. The lowest BCUT2D eigenvalue weighted by Crippen LogP contribution is -2.52. The minimum atomic E-state index is -0.0336. The van der Waals surface area contributed by atoms with Gasteiger partial charge in [-0.3, -0.25) is 4.79 Å². The molecule has 30 heavy (non-hydrogen) atoms. The number of hydrogen-bond donors (Lipinski definition) is 1. The van der Waals surface area contributed by atoms with Gasteiger partial charge in [0, 0.05) is 45.0 Å². The first-order valence-electron chi connectivity index (χ1n) is 10.4. The number of H-pyrrole nitrogens is 1. The summed E-state index contributed by atoms with van der Waals surface area (Å²) in [6, 6.07) is 10.4. The van der Waals surface area contributed by atoms with E-state index in [1.54, 1.807) is 6.33 Å². The van der Waals surface area contributed by atoms with Crippen molar-refractivity contribution in [1.29, 1.82) is 0 Å². The van der Waals surface area contributed by atoms with Gasteiger partial charge in [-0.05, 0) is 36.6 Å². The SMILES string of the molecule is O=C([C@@H]1CCCN(c2nc(Cl)nc3nc[nH]c23)C1)N1CCN(c2ccccc2)CC1. The zero-order valence-corrected chi connectivity index (χ0v) is 17.4. The number of nitrogens with zero attached hydrogens (tertiary/aromatic N) is 6. The number of benzene rings is 1. The summed E-state index contributed by atoms with van der Waals surface area (Å²) >= 11 is 6.10. The van der Waals surface area contributed by atoms with Gasteiger partial charge in [0.2, 0.25) is 11.2 Å². The normalized spacial score (nSPS) is 20.0. The average Bonchev–Trinajstić information content (AvgIpc) is 3.27. The lowest BCUT2D eigenvalue weighted by Gasteiger charge is -2.40. The number of piperazine rings is 1. The third kappa shape index (κ3) is 3.67. The molecule has 2 aromatic heterocycles. The Balaban J connectivity index is 1.26. The molecule has 1 atom stereocenters. The maximum absolute atomic E-state index is 13.3. The molecule has 0 aliphatic carbocycles. The Kier molecular flexibility index (Phi) is 5.16. The van der Waals surface area contributed by atoms with E-state index in [0.29, 0.717) is 12.2 Å². The Labute approximate surface area is 179 Å². The van der Waals surface area contributed by atoms with E-state index < -0.39 is 0 Å². The van der Waals surface area contributed by atoms with Crippen molar-refractivity contribution < 1.29 is 4.79 Å².